The van der Waals surface area contributed by atoms with Crippen molar-refractivity contribution in [1.82, 2.24) is 0 Å². The van der Waals surface area contributed by atoms with Crippen LogP contribution in [0.4, 0.5) is 0 Å². The van der Waals surface area contributed by atoms with Crippen LogP contribution in [0, 0.1) is 5.41 Å². The first-order valence-corrected chi connectivity index (χ1v) is 3.29. The minimum Gasteiger partial charge on any atom is -0.391 e. The first-order chi connectivity index (χ1) is 3.85. The van der Waals surface area contributed by atoms with Gasteiger partial charge in [-0.25, -0.2) is 0 Å². The smallest absolute Gasteiger partial charge is 0.0736 e. The zero-order chi connectivity index (χ0) is 7.65. The van der Waals surface area contributed by atoms with E-state index in [0.29, 0.717) is 0 Å². The monoisotopic (exact) mass is 131 g/mol. The number of hydrogen-bond donors (Lipinski definition) is 2. The third-order valence-corrected chi connectivity index (χ3v) is 1.39. The molecule has 3 N–H and O–H groups in total. The van der Waals surface area contributed by atoms with E-state index in [1.165, 1.54) is 0 Å². The molecular formula is C7H17NO. The highest BCUT2D eigenvalue weighted by Crippen LogP contribution is 2.20. The predicted molar refractivity (Wildman–Crippen MR) is 39.1 cm³/mol. The van der Waals surface area contributed by atoms with E-state index in [-0.39, 0.29) is 11.5 Å². The summed E-state index contributed by atoms with van der Waals surface area (Å²) < 4.78 is 0. The van der Waals surface area contributed by atoms with E-state index in [2.05, 4.69) is 0 Å². The van der Waals surface area contributed by atoms with Gasteiger partial charge in [0.15, 0.2) is 0 Å². The van der Waals surface area contributed by atoms with Gasteiger partial charge in [0.1, 0.15) is 0 Å². The molecule has 0 aliphatic rings. The summed E-state index contributed by atoms with van der Waals surface area (Å²) in [7, 11) is 0. The maximum atomic E-state index is 9.34. The largest absolute Gasteiger partial charge is 0.391 e. The Morgan fingerprint density at radius 1 is 1.33 bits per heavy atom. The zero-order valence-corrected chi connectivity index (χ0v) is 6.68. The second-order valence-corrected chi connectivity index (χ2v) is 3.67. The third-order valence-electron chi connectivity index (χ3n) is 1.39. The van der Waals surface area contributed by atoms with Crippen LogP contribution in [0.2, 0.25) is 0 Å². The standard InChI is InChI=1S/C7H17NO/c1-5(8)6(9)7(2,3)4/h5-6,9H,8H2,1-4H3/t5-,6-/m0/s1. The van der Waals surface area contributed by atoms with E-state index in [0.717, 1.165) is 0 Å². The van der Waals surface area contributed by atoms with Crippen LogP contribution in [0.25, 0.3) is 0 Å². The van der Waals surface area contributed by atoms with Crippen LogP contribution in [0.3, 0.4) is 0 Å². The highest BCUT2D eigenvalue weighted by molar-refractivity contribution is 4.78. The Hall–Kier alpha value is -0.0800. The molecule has 0 amide bonds. The van der Waals surface area contributed by atoms with E-state index in [1.54, 1.807) is 0 Å². The van der Waals surface area contributed by atoms with E-state index in [9.17, 15) is 5.11 Å². The molecule has 2 heteroatoms. The summed E-state index contributed by atoms with van der Waals surface area (Å²) in [5.74, 6) is 0. The number of nitrogens with two attached hydrogens (primary N) is 1. The summed E-state index contributed by atoms with van der Waals surface area (Å²) in [4.78, 5) is 0. The summed E-state index contributed by atoms with van der Waals surface area (Å²) in [5.41, 5.74) is 5.38. The summed E-state index contributed by atoms with van der Waals surface area (Å²) >= 11 is 0. The lowest BCUT2D eigenvalue weighted by atomic mass is 9.86. The van der Waals surface area contributed by atoms with Gasteiger partial charge < -0.3 is 10.8 Å². The molecule has 0 fully saturated rings. The van der Waals surface area contributed by atoms with Gasteiger partial charge >= 0.3 is 0 Å². The van der Waals surface area contributed by atoms with E-state index >= 15 is 0 Å². The molecule has 0 saturated carbocycles. The molecule has 0 rings (SSSR count). The van der Waals surface area contributed by atoms with Gasteiger partial charge in [0.05, 0.1) is 6.10 Å². The third kappa shape index (κ3) is 2.82. The minimum absolute atomic E-state index is 0.0891. The first kappa shape index (κ1) is 8.92. The molecule has 9 heavy (non-hydrogen) atoms. The number of rotatable bonds is 1. The second-order valence-electron chi connectivity index (χ2n) is 3.67. The molecule has 0 aromatic rings. The molecule has 56 valence electrons. The van der Waals surface area contributed by atoms with Crippen molar-refractivity contribution in [3.05, 3.63) is 0 Å². The molecule has 0 bridgehead atoms. The molecule has 0 radical (unpaired) electrons. The Balaban J connectivity index is 3.88. The fourth-order valence-corrected chi connectivity index (χ4v) is 0.789. The van der Waals surface area contributed by atoms with Gasteiger partial charge in [-0.15, -0.1) is 0 Å². The SMILES string of the molecule is C[C@H](N)[C@H](O)C(C)(C)C. The molecular weight excluding hydrogens is 114 g/mol. The number of hydrogen-bond acceptors (Lipinski definition) is 2. The first-order valence-electron chi connectivity index (χ1n) is 3.29. The van der Waals surface area contributed by atoms with Crippen LogP contribution in [0.15, 0.2) is 0 Å². The van der Waals surface area contributed by atoms with E-state index in [1.807, 2.05) is 27.7 Å². The fraction of sp³-hybridized carbons (Fsp3) is 1.00. The topological polar surface area (TPSA) is 46.2 Å². The minimum atomic E-state index is -0.405. The normalized spacial score (nSPS) is 19.3. The molecule has 0 spiro atoms. The van der Waals surface area contributed by atoms with Gasteiger partial charge in [-0.05, 0) is 12.3 Å². The lowest BCUT2D eigenvalue weighted by molar-refractivity contribution is 0.0455. The van der Waals surface area contributed by atoms with E-state index < -0.39 is 6.10 Å². The van der Waals surface area contributed by atoms with Crippen LogP contribution >= 0.6 is 0 Å². The summed E-state index contributed by atoms with van der Waals surface area (Å²) in [6, 6.07) is -0.134. The van der Waals surface area contributed by atoms with Crippen molar-refractivity contribution in [1.29, 1.82) is 0 Å². The average molecular weight is 131 g/mol. The predicted octanol–water partition coefficient (Wildman–Crippen LogP) is 0.741. The molecule has 0 aliphatic carbocycles. The van der Waals surface area contributed by atoms with Gasteiger partial charge in [-0.1, -0.05) is 20.8 Å². The Kier molecular flexibility index (Phi) is 2.65. The quantitative estimate of drug-likeness (QED) is 0.551. The van der Waals surface area contributed by atoms with Crippen LogP contribution in [-0.4, -0.2) is 17.3 Å². The van der Waals surface area contributed by atoms with Crippen molar-refractivity contribution >= 4 is 0 Å². The van der Waals surface area contributed by atoms with Crippen molar-refractivity contribution in [3.8, 4) is 0 Å². The highest BCUT2D eigenvalue weighted by Gasteiger charge is 2.24. The molecule has 0 aromatic heterocycles. The van der Waals surface area contributed by atoms with Gasteiger partial charge in [0.25, 0.3) is 0 Å². The Bertz CT molecular complexity index is 83.4. The summed E-state index contributed by atoms with van der Waals surface area (Å²) in [6.45, 7) is 7.74. The van der Waals surface area contributed by atoms with Crippen LogP contribution < -0.4 is 5.73 Å². The fourth-order valence-electron chi connectivity index (χ4n) is 0.789. The Labute approximate surface area is 57.1 Å². The molecule has 0 heterocycles. The van der Waals surface area contributed by atoms with Gasteiger partial charge in [0, 0.05) is 6.04 Å². The second kappa shape index (κ2) is 2.67. The Morgan fingerprint density at radius 3 is 1.67 bits per heavy atom. The van der Waals surface area contributed by atoms with Crippen molar-refractivity contribution in [2.75, 3.05) is 0 Å². The lowest BCUT2D eigenvalue weighted by Crippen LogP contribution is -2.41. The van der Waals surface area contributed by atoms with Gasteiger partial charge in [0.2, 0.25) is 0 Å². The molecule has 2 atom stereocenters. The summed E-state index contributed by atoms with van der Waals surface area (Å²) in [5, 5.41) is 9.34. The van der Waals surface area contributed by atoms with Crippen molar-refractivity contribution in [3.63, 3.8) is 0 Å². The lowest BCUT2D eigenvalue weighted by Gasteiger charge is -2.28. The van der Waals surface area contributed by atoms with Crippen LogP contribution in [0.1, 0.15) is 27.7 Å². The van der Waals surface area contributed by atoms with Crippen molar-refractivity contribution in [2.24, 2.45) is 11.1 Å². The summed E-state index contributed by atoms with van der Waals surface area (Å²) in [6.07, 6.45) is -0.405. The molecule has 0 unspecified atom stereocenters. The van der Waals surface area contributed by atoms with E-state index in [4.69, 9.17) is 5.73 Å². The zero-order valence-electron chi connectivity index (χ0n) is 6.68. The maximum absolute atomic E-state index is 9.34. The van der Waals surface area contributed by atoms with Crippen LogP contribution in [-0.2, 0) is 0 Å². The molecule has 2 nitrogen and oxygen atoms in total. The molecule has 0 saturated heterocycles. The van der Waals surface area contributed by atoms with Gasteiger partial charge in [-0.3, -0.25) is 0 Å². The maximum Gasteiger partial charge on any atom is 0.0736 e. The molecule has 0 aliphatic heterocycles. The van der Waals surface area contributed by atoms with Gasteiger partial charge in [-0.2, -0.15) is 0 Å². The average Bonchev–Trinajstić information content (AvgIpc) is 1.62. The van der Waals surface area contributed by atoms with Crippen molar-refractivity contribution in [2.45, 2.75) is 39.8 Å². The molecule has 0 aromatic carbocycles. The van der Waals surface area contributed by atoms with Crippen molar-refractivity contribution < 1.29 is 5.11 Å². The highest BCUT2D eigenvalue weighted by atomic mass is 16.3. The van der Waals surface area contributed by atoms with Crippen LogP contribution in [0.5, 0.6) is 0 Å². The number of aliphatic hydroxyl groups excluding tert-OH is 1. The number of aliphatic hydroxyl groups is 1. The Morgan fingerprint density at radius 2 is 1.67 bits per heavy atom.